The summed E-state index contributed by atoms with van der Waals surface area (Å²) in [5, 5.41) is 80.0. The van der Waals surface area contributed by atoms with E-state index in [-0.39, 0.29) is 24.9 Å². The first kappa shape index (κ1) is 36.5. The van der Waals surface area contributed by atoms with E-state index in [2.05, 4.69) is 0 Å². The fourth-order valence-electron chi connectivity index (χ4n) is 4.95. The minimum Gasteiger partial charge on any atom is -0.434 e. The predicted octanol–water partition coefficient (Wildman–Crippen LogP) is -1.16. The van der Waals surface area contributed by atoms with Crippen molar-refractivity contribution in [3.8, 4) is 5.75 Å². The van der Waals surface area contributed by atoms with E-state index < -0.39 is 93.5 Å². The largest absolute Gasteiger partial charge is 0.513 e. The molecule has 2 fully saturated rings. The van der Waals surface area contributed by atoms with Crippen LogP contribution in [0.3, 0.4) is 0 Å². The molecular weight excluding hydrogens is 588 g/mol. The summed E-state index contributed by atoms with van der Waals surface area (Å²) in [5.41, 5.74) is 1.65. The van der Waals surface area contributed by atoms with Gasteiger partial charge in [0.25, 0.3) is 0 Å². The van der Waals surface area contributed by atoms with Crippen molar-refractivity contribution in [2.45, 2.75) is 113 Å². The van der Waals surface area contributed by atoms with Gasteiger partial charge in [-0.15, -0.1) is 0 Å². The van der Waals surface area contributed by atoms with Crippen molar-refractivity contribution in [3.05, 3.63) is 29.3 Å². The number of para-hydroxylation sites is 1. The summed E-state index contributed by atoms with van der Waals surface area (Å²) >= 11 is 0. The maximum atomic E-state index is 12.7. The lowest BCUT2D eigenvalue weighted by Crippen LogP contribution is -2.60. The van der Waals surface area contributed by atoms with Gasteiger partial charge in [-0.1, -0.05) is 45.9 Å². The smallest absolute Gasteiger partial charge is 0.434 e. The predicted molar refractivity (Wildman–Crippen MR) is 150 cm³/mol. The molecule has 2 aliphatic rings. The maximum absolute atomic E-state index is 12.7. The van der Waals surface area contributed by atoms with Crippen LogP contribution in [0, 0.1) is 0 Å². The molecule has 1 unspecified atom stereocenters. The van der Waals surface area contributed by atoms with Gasteiger partial charge in [-0.2, -0.15) is 0 Å². The summed E-state index contributed by atoms with van der Waals surface area (Å²) in [6, 6.07) is 5.61. The van der Waals surface area contributed by atoms with Crippen LogP contribution in [-0.2, 0) is 23.7 Å². The molecule has 0 saturated carbocycles. The van der Waals surface area contributed by atoms with Gasteiger partial charge in [0.2, 0.25) is 0 Å². The number of hydrogen-bond donors (Lipinski definition) is 8. The van der Waals surface area contributed by atoms with Crippen LogP contribution in [0.15, 0.2) is 18.2 Å². The fraction of sp³-hybridized carbons (Fsp3) is 0.759. The summed E-state index contributed by atoms with van der Waals surface area (Å²) in [5.74, 6) is 0.530. The molecule has 8 N–H and O–H groups in total. The second-order valence-electron chi connectivity index (χ2n) is 11.6. The number of carbonyl (C=O) groups is 1. The van der Waals surface area contributed by atoms with E-state index >= 15 is 0 Å². The van der Waals surface area contributed by atoms with Crippen molar-refractivity contribution in [1.29, 1.82) is 0 Å². The van der Waals surface area contributed by atoms with Crippen LogP contribution in [0.5, 0.6) is 5.75 Å². The number of aliphatic hydroxyl groups excluding tert-OH is 8. The van der Waals surface area contributed by atoms with Crippen molar-refractivity contribution >= 4 is 6.16 Å². The maximum Gasteiger partial charge on any atom is 0.513 e. The van der Waals surface area contributed by atoms with Gasteiger partial charge in [-0.05, 0) is 23.0 Å². The minimum atomic E-state index is -1.74. The number of carbonyl (C=O) groups excluding carboxylic acids is 1. The molecule has 0 bridgehead atoms. The molecule has 0 amide bonds. The zero-order valence-electron chi connectivity index (χ0n) is 25.2. The van der Waals surface area contributed by atoms with E-state index in [0.717, 1.165) is 11.1 Å². The summed E-state index contributed by atoms with van der Waals surface area (Å²) in [4.78, 5) is 12.7. The first-order valence-corrected chi connectivity index (χ1v) is 14.7. The first-order valence-electron chi connectivity index (χ1n) is 14.7. The van der Waals surface area contributed by atoms with Crippen LogP contribution >= 0.6 is 0 Å². The average Bonchev–Trinajstić information content (AvgIpc) is 2.99. The van der Waals surface area contributed by atoms with E-state index in [0.29, 0.717) is 5.75 Å². The molecule has 3 rings (SSSR count). The normalized spacial score (nSPS) is 33.4. The molecule has 0 aliphatic carbocycles. The Hall–Kier alpha value is -1.99. The highest BCUT2D eigenvalue weighted by Gasteiger charge is 2.46. The van der Waals surface area contributed by atoms with Crippen molar-refractivity contribution in [3.63, 3.8) is 0 Å². The number of aliphatic hydroxyl groups is 8. The topological polar surface area (TPSA) is 234 Å². The highest BCUT2D eigenvalue weighted by molar-refractivity contribution is 5.66. The summed E-state index contributed by atoms with van der Waals surface area (Å²) in [6.07, 6.45) is -17.8. The number of hydrogen-bond acceptors (Lipinski definition) is 15. The van der Waals surface area contributed by atoms with Crippen LogP contribution < -0.4 is 4.74 Å². The molecule has 15 nitrogen and oxygen atoms in total. The highest BCUT2D eigenvalue weighted by atomic mass is 16.7. The van der Waals surface area contributed by atoms with Gasteiger partial charge in [0, 0.05) is 6.42 Å². The Labute approximate surface area is 255 Å². The Bertz CT molecular complexity index is 1010. The SMILES string of the molecule is CC(C)c1cccc(C(C)C)c1OC(=O)OCCC(CO[C@@H]1O[C@H](CO)[C@@H](O)[C@H](O)[C@H]1O)O[C@@H]1O[C@H](CO)[C@@H](O)[C@H](O)[C@H]1O. The monoisotopic (exact) mass is 634 g/mol. The van der Waals surface area contributed by atoms with Crippen LogP contribution in [0.1, 0.15) is 57.1 Å². The Balaban J connectivity index is 1.70. The fourth-order valence-corrected chi connectivity index (χ4v) is 4.95. The van der Waals surface area contributed by atoms with Gasteiger partial charge in [0.15, 0.2) is 12.6 Å². The molecule has 1 aromatic rings. The molecular formula is C29H46O15. The third-order valence-corrected chi connectivity index (χ3v) is 7.63. The quantitative estimate of drug-likeness (QED) is 0.0944. The van der Waals surface area contributed by atoms with Crippen molar-refractivity contribution < 1.29 is 74.1 Å². The summed E-state index contributed by atoms with van der Waals surface area (Å²) in [7, 11) is 0. The summed E-state index contributed by atoms with van der Waals surface area (Å²) < 4.78 is 33.0. The third kappa shape index (κ3) is 8.84. The van der Waals surface area contributed by atoms with Gasteiger partial charge in [-0.3, -0.25) is 0 Å². The van der Waals surface area contributed by atoms with E-state index in [1.807, 2.05) is 45.9 Å². The molecule has 2 saturated heterocycles. The lowest BCUT2D eigenvalue weighted by molar-refractivity contribution is -0.329. The molecule has 15 heteroatoms. The Morgan fingerprint density at radius 1 is 0.773 bits per heavy atom. The number of ether oxygens (including phenoxy) is 6. The molecule has 252 valence electrons. The molecule has 2 aliphatic heterocycles. The molecule has 1 aromatic carbocycles. The van der Waals surface area contributed by atoms with Crippen molar-refractivity contribution in [1.82, 2.24) is 0 Å². The minimum absolute atomic E-state index is 0.0624. The zero-order chi connectivity index (χ0) is 32.7. The second kappa shape index (κ2) is 16.5. The molecule has 0 radical (unpaired) electrons. The Morgan fingerprint density at radius 3 is 1.77 bits per heavy atom. The average molecular weight is 635 g/mol. The van der Waals surface area contributed by atoms with Crippen LogP contribution in [-0.4, -0.2) is 141 Å². The standard InChI is InChI=1S/C29H46O15/c1-13(2)16-6-5-7-17(14(3)4)26(16)44-29(38)39-9-8-15(41-28-25(37)23(35)21(33)19(11-31)43-28)12-40-27-24(36)22(34)20(32)18(10-30)42-27/h5-7,13-15,18-25,27-28,30-37H,8-12H2,1-4H3/t15?,18-,19-,20-,21-,22+,23+,24-,25-,27-,28-/m1/s1. The second-order valence-corrected chi connectivity index (χ2v) is 11.6. The van der Waals surface area contributed by atoms with Crippen molar-refractivity contribution in [2.24, 2.45) is 0 Å². The van der Waals surface area contributed by atoms with Gasteiger partial charge in [0.05, 0.1) is 32.5 Å². The Kier molecular flexibility index (Phi) is 13.7. The zero-order valence-corrected chi connectivity index (χ0v) is 25.2. The van der Waals surface area contributed by atoms with E-state index in [1.165, 1.54) is 0 Å². The number of benzene rings is 1. The number of rotatable bonds is 13. The highest BCUT2D eigenvalue weighted by Crippen LogP contribution is 2.35. The van der Waals surface area contributed by atoms with Gasteiger partial charge in [-0.25, -0.2) is 4.79 Å². The molecule has 2 heterocycles. The van der Waals surface area contributed by atoms with Crippen LogP contribution in [0.25, 0.3) is 0 Å². The van der Waals surface area contributed by atoms with Crippen LogP contribution in [0.4, 0.5) is 4.79 Å². The van der Waals surface area contributed by atoms with Crippen LogP contribution in [0.2, 0.25) is 0 Å². The van der Waals surface area contributed by atoms with E-state index in [1.54, 1.807) is 0 Å². The van der Waals surface area contributed by atoms with Gasteiger partial charge < -0.3 is 69.3 Å². The molecule has 11 atom stereocenters. The summed E-state index contributed by atoms with van der Waals surface area (Å²) in [6.45, 7) is 5.78. The Morgan fingerprint density at radius 2 is 1.27 bits per heavy atom. The third-order valence-electron chi connectivity index (χ3n) is 7.63. The van der Waals surface area contributed by atoms with Gasteiger partial charge in [0.1, 0.15) is 54.6 Å². The molecule has 0 aromatic heterocycles. The van der Waals surface area contributed by atoms with Gasteiger partial charge >= 0.3 is 6.16 Å². The first-order chi connectivity index (χ1) is 20.8. The van der Waals surface area contributed by atoms with Crippen molar-refractivity contribution in [2.75, 3.05) is 26.4 Å². The lowest BCUT2D eigenvalue weighted by Gasteiger charge is -2.42. The lowest BCUT2D eigenvalue weighted by atomic mass is 9.94. The van der Waals surface area contributed by atoms with E-state index in [9.17, 15) is 45.6 Å². The molecule has 44 heavy (non-hydrogen) atoms. The van der Waals surface area contributed by atoms with E-state index in [4.69, 9.17) is 28.4 Å². The molecule has 0 spiro atoms.